The van der Waals surface area contributed by atoms with Crippen molar-refractivity contribution in [3.63, 3.8) is 0 Å². The molecule has 1 aliphatic heterocycles. The molecule has 1 atom stereocenters. The number of ether oxygens (including phenoxy) is 1. The van der Waals surface area contributed by atoms with Crippen molar-refractivity contribution in [2.24, 2.45) is 5.92 Å². The highest BCUT2D eigenvalue weighted by atomic mass is 16.5. The highest BCUT2D eigenvalue weighted by Gasteiger charge is 2.25. The van der Waals surface area contributed by atoms with Crippen molar-refractivity contribution in [1.82, 2.24) is 15.0 Å². The lowest BCUT2D eigenvalue weighted by atomic mass is 10.1. The van der Waals surface area contributed by atoms with E-state index in [-0.39, 0.29) is 5.95 Å². The third kappa shape index (κ3) is 3.27. The van der Waals surface area contributed by atoms with Crippen LogP contribution in [0.3, 0.4) is 0 Å². The van der Waals surface area contributed by atoms with Crippen LogP contribution in [0.15, 0.2) is 0 Å². The second-order valence-corrected chi connectivity index (χ2v) is 5.02. The topological polar surface area (TPSA) is 80.4 Å². The number of nitrogen functional groups attached to an aromatic ring is 1. The summed E-state index contributed by atoms with van der Waals surface area (Å²) in [7, 11) is 1.74. The van der Waals surface area contributed by atoms with Crippen LogP contribution in [0.4, 0.5) is 17.8 Å². The first-order valence-electron chi connectivity index (χ1n) is 7.18. The van der Waals surface area contributed by atoms with Crippen molar-refractivity contribution in [1.29, 1.82) is 0 Å². The number of nitrogens with two attached hydrogens (primary N) is 1. The van der Waals surface area contributed by atoms with Gasteiger partial charge in [-0.05, 0) is 20.3 Å². The molecule has 2 heterocycles. The van der Waals surface area contributed by atoms with Crippen LogP contribution >= 0.6 is 0 Å². The Labute approximate surface area is 120 Å². The van der Waals surface area contributed by atoms with Crippen LogP contribution < -0.4 is 15.5 Å². The average molecular weight is 280 g/mol. The summed E-state index contributed by atoms with van der Waals surface area (Å²) >= 11 is 0. The number of hydrogen-bond acceptors (Lipinski definition) is 7. The first-order valence-corrected chi connectivity index (χ1v) is 7.18. The van der Waals surface area contributed by atoms with Gasteiger partial charge in [-0.2, -0.15) is 15.0 Å². The Hall–Kier alpha value is -1.63. The minimum Gasteiger partial charge on any atom is -0.384 e. The lowest BCUT2D eigenvalue weighted by molar-refractivity contribution is 0.161. The van der Waals surface area contributed by atoms with Crippen LogP contribution in [0.25, 0.3) is 0 Å². The second-order valence-electron chi connectivity index (χ2n) is 5.02. The molecule has 1 fully saturated rings. The summed E-state index contributed by atoms with van der Waals surface area (Å²) in [5, 5.41) is 0. The number of methoxy groups -OCH3 is 1. The number of aromatic nitrogens is 3. The fraction of sp³-hybridized carbons (Fsp3) is 0.769. The second kappa shape index (κ2) is 6.69. The van der Waals surface area contributed by atoms with Crippen molar-refractivity contribution < 1.29 is 4.74 Å². The molecule has 0 radical (unpaired) electrons. The SMILES string of the molecule is CCN(CC)c1nc(N)nc(N2CCC(COC)C2)n1. The van der Waals surface area contributed by atoms with Gasteiger partial charge < -0.3 is 20.3 Å². The number of rotatable bonds is 6. The minimum atomic E-state index is 0.284. The highest BCUT2D eigenvalue weighted by Crippen LogP contribution is 2.22. The lowest BCUT2D eigenvalue weighted by Gasteiger charge is -2.21. The van der Waals surface area contributed by atoms with Crippen LogP contribution in [0.5, 0.6) is 0 Å². The van der Waals surface area contributed by atoms with Crippen LogP contribution in [-0.2, 0) is 4.74 Å². The van der Waals surface area contributed by atoms with Crippen molar-refractivity contribution in [3.8, 4) is 0 Å². The highest BCUT2D eigenvalue weighted by molar-refractivity contribution is 5.44. The number of hydrogen-bond donors (Lipinski definition) is 1. The molecule has 0 amide bonds. The molecule has 7 nitrogen and oxygen atoms in total. The maximum absolute atomic E-state index is 5.83. The molecule has 20 heavy (non-hydrogen) atoms. The fourth-order valence-electron chi connectivity index (χ4n) is 2.54. The number of anilines is 3. The van der Waals surface area contributed by atoms with E-state index < -0.39 is 0 Å². The van der Waals surface area contributed by atoms with E-state index in [0.29, 0.717) is 17.8 Å². The quantitative estimate of drug-likeness (QED) is 0.824. The van der Waals surface area contributed by atoms with Crippen molar-refractivity contribution in [2.45, 2.75) is 20.3 Å². The van der Waals surface area contributed by atoms with Gasteiger partial charge in [0, 0.05) is 39.2 Å². The third-order valence-corrected chi connectivity index (χ3v) is 3.65. The van der Waals surface area contributed by atoms with E-state index in [9.17, 15) is 0 Å². The van der Waals surface area contributed by atoms with Crippen molar-refractivity contribution in [2.75, 3.05) is 55.4 Å². The molecule has 0 spiro atoms. The van der Waals surface area contributed by atoms with Gasteiger partial charge in [0.15, 0.2) is 0 Å². The van der Waals surface area contributed by atoms with Gasteiger partial charge in [0.25, 0.3) is 0 Å². The predicted molar refractivity (Wildman–Crippen MR) is 80.0 cm³/mol. The van der Waals surface area contributed by atoms with Gasteiger partial charge in [0.05, 0.1) is 6.61 Å². The van der Waals surface area contributed by atoms with Crippen LogP contribution in [-0.4, -0.2) is 54.8 Å². The molecular formula is C13H24N6O. The van der Waals surface area contributed by atoms with E-state index in [0.717, 1.165) is 39.2 Å². The molecule has 1 aromatic heterocycles. The molecule has 1 saturated heterocycles. The zero-order chi connectivity index (χ0) is 14.5. The molecule has 0 saturated carbocycles. The van der Waals surface area contributed by atoms with E-state index in [1.54, 1.807) is 7.11 Å². The van der Waals surface area contributed by atoms with E-state index in [2.05, 4.69) is 38.6 Å². The van der Waals surface area contributed by atoms with Crippen LogP contribution in [0, 0.1) is 5.92 Å². The molecule has 1 aromatic rings. The lowest BCUT2D eigenvalue weighted by Crippen LogP contribution is -2.28. The van der Waals surface area contributed by atoms with Gasteiger partial charge in [-0.1, -0.05) is 0 Å². The Balaban J connectivity index is 2.16. The molecule has 112 valence electrons. The standard InChI is InChI=1S/C13H24N6O/c1-4-18(5-2)12-15-11(14)16-13(17-12)19-7-6-10(8-19)9-20-3/h10H,4-9H2,1-3H3,(H2,14,15,16,17). The molecule has 0 bridgehead atoms. The molecule has 1 unspecified atom stereocenters. The third-order valence-electron chi connectivity index (χ3n) is 3.65. The maximum atomic E-state index is 5.83. The maximum Gasteiger partial charge on any atom is 0.231 e. The summed E-state index contributed by atoms with van der Waals surface area (Å²) in [5.41, 5.74) is 5.83. The monoisotopic (exact) mass is 280 g/mol. The van der Waals surface area contributed by atoms with Gasteiger partial charge in [0.1, 0.15) is 0 Å². The Morgan fingerprint density at radius 2 is 2.05 bits per heavy atom. The minimum absolute atomic E-state index is 0.284. The molecule has 0 aliphatic carbocycles. The van der Waals surface area contributed by atoms with Gasteiger partial charge in [-0.15, -0.1) is 0 Å². The van der Waals surface area contributed by atoms with Crippen molar-refractivity contribution in [3.05, 3.63) is 0 Å². The van der Waals surface area contributed by atoms with Crippen LogP contribution in [0.2, 0.25) is 0 Å². The van der Waals surface area contributed by atoms with Crippen molar-refractivity contribution >= 4 is 17.8 Å². The summed E-state index contributed by atoms with van der Waals surface area (Å²) in [5.74, 6) is 2.16. The molecule has 0 aromatic carbocycles. The summed E-state index contributed by atoms with van der Waals surface area (Å²) in [4.78, 5) is 17.3. The fourth-order valence-corrected chi connectivity index (χ4v) is 2.54. The Kier molecular flexibility index (Phi) is 4.94. The first kappa shape index (κ1) is 14.8. The van der Waals surface area contributed by atoms with Gasteiger partial charge in [-0.3, -0.25) is 0 Å². The summed E-state index contributed by atoms with van der Waals surface area (Å²) < 4.78 is 5.22. The zero-order valence-electron chi connectivity index (χ0n) is 12.5. The van der Waals surface area contributed by atoms with Gasteiger partial charge in [-0.25, -0.2) is 0 Å². The van der Waals surface area contributed by atoms with Gasteiger partial charge in [0.2, 0.25) is 17.8 Å². The molecule has 1 aliphatic rings. The smallest absolute Gasteiger partial charge is 0.231 e. The van der Waals surface area contributed by atoms with Crippen LogP contribution in [0.1, 0.15) is 20.3 Å². The normalized spacial score (nSPS) is 18.6. The van der Waals surface area contributed by atoms with E-state index in [4.69, 9.17) is 10.5 Å². The number of nitrogens with zero attached hydrogens (tertiary/aromatic N) is 5. The van der Waals surface area contributed by atoms with E-state index in [1.807, 2.05) is 0 Å². The predicted octanol–water partition coefficient (Wildman–Crippen LogP) is 0.773. The zero-order valence-corrected chi connectivity index (χ0v) is 12.5. The average Bonchev–Trinajstić information content (AvgIpc) is 2.89. The molecule has 2 N–H and O–H groups in total. The summed E-state index contributed by atoms with van der Waals surface area (Å²) in [6.07, 6.45) is 1.10. The summed E-state index contributed by atoms with van der Waals surface area (Å²) in [6, 6.07) is 0. The molecule has 7 heteroatoms. The Morgan fingerprint density at radius 1 is 1.30 bits per heavy atom. The molecular weight excluding hydrogens is 256 g/mol. The van der Waals surface area contributed by atoms with E-state index >= 15 is 0 Å². The van der Waals surface area contributed by atoms with E-state index in [1.165, 1.54) is 0 Å². The Morgan fingerprint density at radius 3 is 2.70 bits per heavy atom. The Bertz CT molecular complexity index is 437. The first-order chi connectivity index (χ1) is 9.67. The summed E-state index contributed by atoms with van der Waals surface area (Å²) in [6.45, 7) is 8.49. The largest absolute Gasteiger partial charge is 0.384 e. The molecule has 2 rings (SSSR count). The van der Waals surface area contributed by atoms with Gasteiger partial charge >= 0.3 is 0 Å².